The van der Waals surface area contributed by atoms with Gasteiger partial charge in [-0.25, -0.2) is 8.42 Å². The molecule has 174 valence electrons. The van der Waals surface area contributed by atoms with Gasteiger partial charge in [-0.2, -0.15) is 5.10 Å². The predicted molar refractivity (Wildman–Crippen MR) is 123 cm³/mol. The van der Waals surface area contributed by atoms with Gasteiger partial charge in [0.2, 0.25) is 11.8 Å². The average molecular weight is 481 g/mol. The summed E-state index contributed by atoms with van der Waals surface area (Å²) in [6, 6.07) is 6.41. The number of carbonyl (C=O) groups is 2. The molecule has 1 aromatic heterocycles. The van der Waals surface area contributed by atoms with Crippen LogP contribution in [0, 0.1) is 5.92 Å². The average Bonchev–Trinajstić information content (AvgIpc) is 3.41. The Balaban J connectivity index is 1.78. The summed E-state index contributed by atoms with van der Waals surface area (Å²) < 4.78 is 25.4. The van der Waals surface area contributed by atoms with Gasteiger partial charge >= 0.3 is 0 Å². The third-order valence-electron chi connectivity index (χ3n) is 5.86. The number of benzene rings is 1. The van der Waals surface area contributed by atoms with E-state index in [-0.39, 0.29) is 21.7 Å². The van der Waals surface area contributed by atoms with Gasteiger partial charge < -0.3 is 10.6 Å². The van der Waals surface area contributed by atoms with Crippen LogP contribution in [-0.4, -0.2) is 43.3 Å². The minimum absolute atomic E-state index is 0.0535. The monoisotopic (exact) mass is 480 g/mol. The van der Waals surface area contributed by atoms with Crippen LogP contribution in [0.5, 0.6) is 0 Å². The van der Waals surface area contributed by atoms with E-state index in [0.29, 0.717) is 36.7 Å². The molecule has 0 bridgehead atoms. The maximum atomic E-state index is 13.2. The summed E-state index contributed by atoms with van der Waals surface area (Å²) in [6.07, 6.45) is 8.24. The van der Waals surface area contributed by atoms with Crippen molar-refractivity contribution in [3.8, 4) is 0 Å². The number of nitrogens with zero attached hydrogens (tertiary/aromatic N) is 2. The Bertz CT molecular complexity index is 1080. The van der Waals surface area contributed by atoms with E-state index in [4.69, 9.17) is 11.6 Å². The van der Waals surface area contributed by atoms with Crippen molar-refractivity contribution >= 4 is 39.1 Å². The Labute approximate surface area is 193 Å². The number of anilines is 1. The summed E-state index contributed by atoms with van der Waals surface area (Å²) in [5.74, 6) is 0.0698. The summed E-state index contributed by atoms with van der Waals surface area (Å²) in [7, 11) is -1.87. The van der Waals surface area contributed by atoms with Crippen LogP contribution in [0.2, 0.25) is 5.02 Å². The molecule has 32 heavy (non-hydrogen) atoms. The molecule has 0 saturated heterocycles. The SMILES string of the molecule is CNC(=O)CCn1ccc(NC(=O)C(CC2CCCC2)c2ccc(S(C)(=O)=O)c(Cl)c2)n1. The second kappa shape index (κ2) is 10.5. The Morgan fingerprint density at radius 3 is 2.59 bits per heavy atom. The molecule has 10 heteroatoms. The highest BCUT2D eigenvalue weighted by atomic mass is 35.5. The lowest BCUT2D eigenvalue weighted by atomic mass is 9.87. The lowest BCUT2D eigenvalue weighted by Gasteiger charge is -2.21. The Kier molecular flexibility index (Phi) is 7.95. The standard InChI is InChI=1S/C22H29ClN4O4S/c1-24-21(28)10-12-27-11-9-20(26-27)25-22(29)17(13-15-5-3-4-6-15)16-7-8-19(18(23)14-16)32(2,30)31/h7-9,11,14-15,17H,3-6,10,12-13H2,1-2H3,(H,24,28)(H,25,26,29). The Hall–Kier alpha value is -2.39. The summed E-state index contributed by atoms with van der Waals surface area (Å²) in [6.45, 7) is 0.406. The van der Waals surface area contributed by atoms with E-state index in [1.165, 1.54) is 6.07 Å². The molecule has 8 nitrogen and oxygen atoms in total. The summed E-state index contributed by atoms with van der Waals surface area (Å²) in [5.41, 5.74) is 0.686. The molecule has 1 aromatic carbocycles. The fourth-order valence-corrected chi connectivity index (χ4v) is 5.45. The lowest BCUT2D eigenvalue weighted by molar-refractivity contribution is -0.121. The van der Waals surface area contributed by atoms with E-state index in [1.54, 1.807) is 36.1 Å². The maximum absolute atomic E-state index is 13.2. The first kappa shape index (κ1) is 24.3. The molecule has 0 aliphatic heterocycles. The van der Waals surface area contributed by atoms with Gasteiger partial charge in [-0.05, 0) is 30.0 Å². The van der Waals surface area contributed by atoms with E-state index in [9.17, 15) is 18.0 Å². The fraction of sp³-hybridized carbons (Fsp3) is 0.500. The number of aromatic nitrogens is 2. The number of carbonyl (C=O) groups excluding carboxylic acids is 2. The van der Waals surface area contributed by atoms with E-state index < -0.39 is 15.8 Å². The summed E-state index contributed by atoms with van der Waals surface area (Å²) >= 11 is 6.26. The number of hydrogen-bond acceptors (Lipinski definition) is 5. The molecule has 1 aliphatic rings. The van der Waals surface area contributed by atoms with E-state index in [2.05, 4.69) is 15.7 Å². The molecule has 2 N–H and O–H groups in total. The van der Waals surface area contributed by atoms with Crippen molar-refractivity contribution in [1.29, 1.82) is 0 Å². The third kappa shape index (κ3) is 6.32. The highest BCUT2D eigenvalue weighted by Crippen LogP contribution is 2.36. The van der Waals surface area contributed by atoms with Crippen molar-refractivity contribution in [2.45, 2.75) is 55.9 Å². The molecule has 1 saturated carbocycles. The first-order chi connectivity index (χ1) is 15.2. The predicted octanol–water partition coefficient (Wildman–Crippen LogP) is 3.38. The zero-order valence-corrected chi connectivity index (χ0v) is 19.9. The molecule has 0 radical (unpaired) electrons. The highest BCUT2D eigenvalue weighted by Gasteiger charge is 2.28. The topological polar surface area (TPSA) is 110 Å². The third-order valence-corrected chi connectivity index (χ3v) is 7.44. The van der Waals surface area contributed by atoms with Gasteiger partial charge in [0, 0.05) is 38.5 Å². The van der Waals surface area contributed by atoms with Crippen LogP contribution in [0.4, 0.5) is 5.82 Å². The maximum Gasteiger partial charge on any atom is 0.233 e. The fourth-order valence-electron chi connectivity index (χ4n) is 4.12. The van der Waals surface area contributed by atoms with Gasteiger partial charge in [0.05, 0.1) is 15.8 Å². The number of rotatable bonds is 9. The van der Waals surface area contributed by atoms with Crippen molar-refractivity contribution in [3.05, 3.63) is 41.0 Å². The Morgan fingerprint density at radius 1 is 1.25 bits per heavy atom. The van der Waals surface area contributed by atoms with Gasteiger partial charge in [0.1, 0.15) is 0 Å². The van der Waals surface area contributed by atoms with E-state index in [0.717, 1.165) is 31.9 Å². The van der Waals surface area contributed by atoms with E-state index in [1.807, 2.05) is 0 Å². The van der Waals surface area contributed by atoms with Crippen molar-refractivity contribution in [2.24, 2.45) is 5.92 Å². The molecule has 1 unspecified atom stereocenters. The second-order valence-corrected chi connectivity index (χ2v) is 10.7. The van der Waals surface area contributed by atoms with Gasteiger partial charge in [-0.1, -0.05) is 43.4 Å². The van der Waals surface area contributed by atoms with Gasteiger partial charge in [0.25, 0.3) is 0 Å². The minimum Gasteiger partial charge on any atom is -0.359 e. The normalized spacial score (nSPS) is 15.5. The molecular weight excluding hydrogens is 452 g/mol. The Morgan fingerprint density at radius 2 is 1.97 bits per heavy atom. The van der Waals surface area contributed by atoms with Crippen LogP contribution in [0.3, 0.4) is 0 Å². The summed E-state index contributed by atoms with van der Waals surface area (Å²) in [4.78, 5) is 24.7. The van der Waals surface area contributed by atoms with Crippen molar-refractivity contribution in [3.63, 3.8) is 0 Å². The number of nitrogens with one attached hydrogen (secondary N) is 2. The molecule has 1 atom stereocenters. The molecule has 1 fully saturated rings. The molecule has 0 spiro atoms. The van der Waals surface area contributed by atoms with Crippen LogP contribution in [0.25, 0.3) is 0 Å². The van der Waals surface area contributed by atoms with Gasteiger partial charge in [0.15, 0.2) is 15.7 Å². The zero-order valence-electron chi connectivity index (χ0n) is 18.3. The molecule has 1 aliphatic carbocycles. The first-order valence-corrected chi connectivity index (χ1v) is 13.0. The van der Waals surface area contributed by atoms with E-state index >= 15 is 0 Å². The quantitative estimate of drug-likeness (QED) is 0.571. The minimum atomic E-state index is -3.45. The molecule has 1 heterocycles. The molecule has 3 rings (SSSR count). The second-order valence-electron chi connectivity index (χ2n) is 8.28. The van der Waals surface area contributed by atoms with Crippen LogP contribution in [0.1, 0.15) is 50.0 Å². The number of halogens is 1. The number of amides is 2. The largest absolute Gasteiger partial charge is 0.359 e. The van der Waals surface area contributed by atoms with Crippen LogP contribution < -0.4 is 10.6 Å². The zero-order chi connectivity index (χ0) is 23.3. The molecular formula is C22H29ClN4O4S. The smallest absolute Gasteiger partial charge is 0.233 e. The number of hydrogen-bond donors (Lipinski definition) is 2. The van der Waals surface area contributed by atoms with Crippen LogP contribution >= 0.6 is 11.6 Å². The van der Waals surface area contributed by atoms with Crippen molar-refractivity contribution in [1.82, 2.24) is 15.1 Å². The number of sulfone groups is 1. The van der Waals surface area contributed by atoms with Crippen molar-refractivity contribution < 1.29 is 18.0 Å². The van der Waals surface area contributed by atoms with Crippen LogP contribution in [-0.2, 0) is 26.0 Å². The summed E-state index contributed by atoms with van der Waals surface area (Å²) in [5, 5.41) is 9.88. The first-order valence-electron chi connectivity index (χ1n) is 10.7. The lowest BCUT2D eigenvalue weighted by Crippen LogP contribution is -2.24. The van der Waals surface area contributed by atoms with Gasteiger partial charge in [-0.3, -0.25) is 14.3 Å². The highest BCUT2D eigenvalue weighted by molar-refractivity contribution is 7.90. The van der Waals surface area contributed by atoms with Crippen molar-refractivity contribution in [2.75, 3.05) is 18.6 Å². The number of aryl methyl sites for hydroxylation is 1. The van der Waals surface area contributed by atoms with Gasteiger partial charge in [-0.15, -0.1) is 0 Å². The molecule has 2 aromatic rings. The molecule has 2 amide bonds. The van der Waals surface area contributed by atoms with Crippen LogP contribution in [0.15, 0.2) is 35.4 Å².